The van der Waals surface area contributed by atoms with E-state index in [4.69, 9.17) is 5.11 Å². The standard InChI is InChI=1S/C15H22O3Si/c1-9(19(2,3)4)12-7-10-5-6-11(15(17)18)8-13(10)14(12)16/h5-6,8-9,12,14,16H,7H2,1-4H3,(H,17,18). The molecule has 0 aliphatic heterocycles. The summed E-state index contributed by atoms with van der Waals surface area (Å²) < 4.78 is 0. The number of carbonyl (C=O) groups is 1. The van der Waals surface area contributed by atoms with Crippen LogP contribution in [0.4, 0.5) is 0 Å². The second-order valence-corrected chi connectivity index (χ2v) is 12.3. The zero-order valence-corrected chi connectivity index (χ0v) is 13.0. The van der Waals surface area contributed by atoms with Crippen LogP contribution in [0, 0.1) is 5.92 Å². The Balaban J connectivity index is 2.32. The zero-order valence-electron chi connectivity index (χ0n) is 12.0. The number of aliphatic hydroxyl groups is 1. The molecule has 3 unspecified atom stereocenters. The third-order valence-electron chi connectivity index (χ3n) is 4.58. The van der Waals surface area contributed by atoms with E-state index in [1.165, 1.54) is 0 Å². The fourth-order valence-electron chi connectivity index (χ4n) is 2.88. The summed E-state index contributed by atoms with van der Waals surface area (Å²) in [5, 5.41) is 19.5. The quantitative estimate of drug-likeness (QED) is 0.834. The SMILES string of the molecule is CC(C1Cc2ccc(C(=O)O)cc2C1O)[Si](C)(C)C. The van der Waals surface area contributed by atoms with Crippen molar-refractivity contribution in [2.24, 2.45) is 5.92 Å². The lowest BCUT2D eigenvalue weighted by Crippen LogP contribution is -2.33. The van der Waals surface area contributed by atoms with Gasteiger partial charge in [0.1, 0.15) is 0 Å². The summed E-state index contributed by atoms with van der Waals surface area (Å²) >= 11 is 0. The summed E-state index contributed by atoms with van der Waals surface area (Å²) in [7, 11) is -1.32. The van der Waals surface area contributed by atoms with Crippen LogP contribution in [0.1, 0.15) is 34.5 Å². The van der Waals surface area contributed by atoms with Gasteiger partial charge in [-0.1, -0.05) is 32.6 Å². The molecule has 1 aromatic rings. The number of aromatic carboxylic acids is 1. The predicted molar refractivity (Wildman–Crippen MR) is 78.3 cm³/mol. The van der Waals surface area contributed by atoms with E-state index in [1.807, 2.05) is 6.07 Å². The summed E-state index contributed by atoms with van der Waals surface area (Å²) in [5.41, 5.74) is 2.69. The van der Waals surface area contributed by atoms with Crippen molar-refractivity contribution in [2.45, 2.75) is 44.6 Å². The van der Waals surface area contributed by atoms with Crippen molar-refractivity contribution in [1.29, 1.82) is 0 Å². The molecule has 0 saturated carbocycles. The van der Waals surface area contributed by atoms with Crippen LogP contribution in [0.2, 0.25) is 25.2 Å². The Morgan fingerprint density at radius 2 is 2.00 bits per heavy atom. The highest BCUT2D eigenvalue weighted by molar-refractivity contribution is 6.77. The minimum absolute atomic E-state index is 0.228. The van der Waals surface area contributed by atoms with Gasteiger partial charge < -0.3 is 10.2 Å². The number of rotatable bonds is 3. The maximum Gasteiger partial charge on any atom is 0.335 e. The summed E-state index contributed by atoms with van der Waals surface area (Å²) in [6, 6.07) is 5.13. The minimum atomic E-state index is -1.32. The van der Waals surface area contributed by atoms with Gasteiger partial charge in [-0.3, -0.25) is 0 Å². The summed E-state index contributed by atoms with van der Waals surface area (Å²) in [6.07, 6.45) is 0.345. The minimum Gasteiger partial charge on any atom is -0.478 e. The van der Waals surface area contributed by atoms with E-state index in [2.05, 4.69) is 26.6 Å². The molecule has 2 rings (SSSR count). The molecule has 0 heterocycles. The van der Waals surface area contributed by atoms with E-state index in [0.717, 1.165) is 17.5 Å². The molecule has 1 aliphatic carbocycles. The Bertz CT molecular complexity index is 505. The first-order valence-electron chi connectivity index (χ1n) is 6.76. The third kappa shape index (κ3) is 2.60. The Hall–Kier alpha value is -1.13. The molecule has 0 fully saturated rings. The highest BCUT2D eigenvalue weighted by Crippen LogP contribution is 2.45. The van der Waals surface area contributed by atoms with Crippen LogP contribution < -0.4 is 0 Å². The molecule has 0 amide bonds. The van der Waals surface area contributed by atoms with E-state index >= 15 is 0 Å². The fourth-order valence-corrected chi connectivity index (χ4v) is 4.46. The van der Waals surface area contributed by atoms with Crippen LogP contribution in [0.15, 0.2) is 18.2 Å². The molecule has 0 aromatic heterocycles. The second kappa shape index (κ2) is 4.76. The van der Waals surface area contributed by atoms with Crippen LogP contribution in [0.3, 0.4) is 0 Å². The molecule has 0 saturated heterocycles. The van der Waals surface area contributed by atoms with Crippen LogP contribution in [0.5, 0.6) is 0 Å². The van der Waals surface area contributed by atoms with Crippen molar-refractivity contribution in [3.05, 3.63) is 34.9 Å². The van der Waals surface area contributed by atoms with E-state index < -0.39 is 20.1 Å². The molecule has 1 aromatic carbocycles. The van der Waals surface area contributed by atoms with Gasteiger partial charge in [0, 0.05) is 8.07 Å². The number of carboxylic acid groups (broad SMARTS) is 1. The third-order valence-corrected chi connectivity index (χ3v) is 7.74. The molecule has 104 valence electrons. The molecule has 2 N–H and O–H groups in total. The molecule has 0 bridgehead atoms. The smallest absolute Gasteiger partial charge is 0.335 e. The zero-order chi connectivity index (χ0) is 14.4. The lowest BCUT2D eigenvalue weighted by Gasteiger charge is -2.32. The van der Waals surface area contributed by atoms with Crippen LogP contribution in [-0.2, 0) is 6.42 Å². The van der Waals surface area contributed by atoms with Crippen molar-refractivity contribution in [3.63, 3.8) is 0 Å². The van der Waals surface area contributed by atoms with Gasteiger partial charge in [-0.25, -0.2) is 4.79 Å². The van der Waals surface area contributed by atoms with Crippen molar-refractivity contribution in [2.75, 3.05) is 0 Å². The second-order valence-electron chi connectivity index (χ2n) is 6.69. The largest absolute Gasteiger partial charge is 0.478 e. The lowest BCUT2D eigenvalue weighted by molar-refractivity contribution is 0.0696. The van der Waals surface area contributed by atoms with Crippen molar-refractivity contribution in [3.8, 4) is 0 Å². The van der Waals surface area contributed by atoms with Gasteiger partial charge in [0.05, 0.1) is 11.7 Å². The Labute approximate surface area is 115 Å². The highest BCUT2D eigenvalue weighted by Gasteiger charge is 2.39. The molecule has 4 heteroatoms. The van der Waals surface area contributed by atoms with Gasteiger partial charge in [0.15, 0.2) is 0 Å². The predicted octanol–water partition coefficient (Wildman–Crippen LogP) is 3.32. The first-order valence-corrected chi connectivity index (χ1v) is 10.3. The molecule has 3 atom stereocenters. The normalized spacial score (nSPS) is 24.1. The highest BCUT2D eigenvalue weighted by atomic mass is 28.3. The first kappa shape index (κ1) is 14.3. The number of hydrogen-bond donors (Lipinski definition) is 2. The summed E-state index contributed by atoms with van der Waals surface area (Å²) in [4.78, 5) is 11.0. The lowest BCUT2D eigenvalue weighted by atomic mass is 10.00. The number of carboxylic acids is 1. The van der Waals surface area contributed by atoms with Crippen molar-refractivity contribution >= 4 is 14.0 Å². The Kier molecular flexibility index (Phi) is 3.58. The van der Waals surface area contributed by atoms with E-state index in [9.17, 15) is 9.90 Å². The maximum absolute atomic E-state index is 11.0. The number of aliphatic hydroxyl groups excluding tert-OH is 1. The van der Waals surface area contributed by atoms with Crippen LogP contribution >= 0.6 is 0 Å². The van der Waals surface area contributed by atoms with Gasteiger partial charge in [-0.05, 0) is 41.1 Å². The van der Waals surface area contributed by atoms with E-state index in [0.29, 0.717) is 5.54 Å². The monoisotopic (exact) mass is 278 g/mol. The molecular weight excluding hydrogens is 256 g/mol. The molecule has 19 heavy (non-hydrogen) atoms. The maximum atomic E-state index is 11.0. The Morgan fingerprint density at radius 1 is 1.37 bits per heavy atom. The average Bonchev–Trinajstić information content (AvgIpc) is 2.64. The van der Waals surface area contributed by atoms with E-state index in [1.54, 1.807) is 12.1 Å². The van der Waals surface area contributed by atoms with Gasteiger partial charge in [-0.15, -0.1) is 0 Å². The average molecular weight is 278 g/mol. The van der Waals surface area contributed by atoms with Gasteiger partial charge in [0.2, 0.25) is 0 Å². The van der Waals surface area contributed by atoms with Gasteiger partial charge >= 0.3 is 5.97 Å². The molecule has 1 aliphatic rings. The van der Waals surface area contributed by atoms with Gasteiger partial charge in [0.25, 0.3) is 0 Å². The molecular formula is C15H22O3Si. The number of fused-ring (bicyclic) bond motifs is 1. The molecule has 0 spiro atoms. The molecule has 3 nitrogen and oxygen atoms in total. The topological polar surface area (TPSA) is 57.5 Å². The van der Waals surface area contributed by atoms with E-state index in [-0.39, 0.29) is 11.5 Å². The summed E-state index contributed by atoms with van der Waals surface area (Å²) in [5.74, 6) is -0.706. The van der Waals surface area contributed by atoms with Gasteiger partial charge in [-0.2, -0.15) is 0 Å². The number of benzene rings is 1. The van der Waals surface area contributed by atoms with Crippen molar-refractivity contribution in [1.82, 2.24) is 0 Å². The fraction of sp³-hybridized carbons (Fsp3) is 0.533. The van der Waals surface area contributed by atoms with Crippen LogP contribution in [-0.4, -0.2) is 24.3 Å². The first-order chi connectivity index (χ1) is 8.71. The Morgan fingerprint density at radius 3 is 2.53 bits per heavy atom. The van der Waals surface area contributed by atoms with Crippen LogP contribution in [0.25, 0.3) is 0 Å². The van der Waals surface area contributed by atoms with Crippen molar-refractivity contribution < 1.29 is 15.0 Å². The molecule has 0 radical (unpaired) electrons. The number of hydrogen-bond acceptors (Lipinski definition) is 2. The summed E-state index contributed by atoms with van der Waals surface area (Å²) in [6.45, 7) is 9.17.